The fourth-order valence-electron chi connectivity index (χ4n) is 3.10. The minimum Gasteiger partial charge on any atom is -0.489 e. The maximum absolute atomic E-state index is 12.9. The summed E-state index contributed by atoms with van der Waals surface area (Å²) in [5.74, 6) is 0.0588. The highest BCUT2D eigenvalue weighted by Crippen LogP contribution is 2.33. The van der Waals surface area contributed by atoms with Crippen molar-refractivity contribution in [2.45, 2.75) is 6.61 Å². The van der Waals surface area contributed by atoms with Crippen molar-refractivity contribution >= 4 is 63.5 Å². The first-order chi connectivity index (χ1) is 16.0. The standard InChI is InChI=1S/C25H19ClN2O3S2/c26-19-9-11-20(12-10-19)27-23(29)15-28-24(30)22(33-25(28)32)14-18-7-4-8-21(13-18)31-16-17-5-2-1-3-6-17/h1-14H,15-16H2,(H,27,29)/b22-14-. The van der Waals surface area contributed by atoms with Crippen LogP contribution in [0.3, 0.4) is 0 Å². The molecule has 0 unspecified atom stereocenters. The van der Waals surface area contributed by atoms with Gasteiger partial charge in [-0.3, -0.25) is 14.5 Å². The number of nitrogens with zero attached hydrogens (tertiary/aromatic N) is 1. The van der Waals surface area contributed by atoms with Crippen LogP contribution < -0.4 is 10.1 Å². The number of hydrogen-bond acceptors (Lipinski definition) is 5. The fraction of sp³-hybridized carbons (Fsp3) is 0.0800. The van der Waals surface area contributed by atoms with Crippen molar-refractivity contribution in [3.63, 3.8) is 0 Å². The monoisotopic (exact) mass is 494 g/mol. The molecule has 0 radical (unpaired) electrons. The third kappa shape index (κ3) is 6.22. The molecule has 0 aromatic heterocycles. The molecule has 1 N–H and O–H groups in total. The predicted octanol–water partition coefficient (Wildman–Crippen LogP) is 5.76. The van der Waals surface area contributed by atoms with Crippen LogP contribution in [0.1, 0.15) is 11.1 Å². The minimum absolute atomic E-state index is 0.162. The number of amides is 2. The van der Waals surface area contributed by atoms with Crippen LogP contribution >= 0.6 is 35.6 Å². The summed E-state index contributed by atoms with van der Waals surface area (Å²) in [6.07, 6.45) is 1.76. The van der Waals surface area contributed by atoms with Crippen LogP contribution in [-0.2, 0) is 16.2 Å². The number of nitrogens with one attached hydrogen (secondary N) is 1. The molecule has 0 saturated carbocycles. The Labute approximate surface area is 206 Å². The molecular weight excluding hydrogens is 476 g/mol. The highest BCUT2D eigenvalue weighted by molar-refractivity contribution is 8.26. The van der Waals surface area contributed by atoms with Gasteiger partial charge in [0.05, 0.1) is 4.91 Å². The SMILES string of the molecule is O=C(CN1C(=O)/C(=C/c2cccc(OCc3ccccc3)c2)SC1=S)Nc1ccc(Cl)cc1. The van der Waals surface area contributed by atoms with Crippen molar-refractivity contribution in [2.75, 3.05) is 11.9 Å². The average Bonchev–Trinajstić information content (AvgIpc) is 3.07. The maximum Gasteiger partial charge on any atom is 0.266 e. The van der Waals surface area contributed by atoms with Gasteiger partial charge in [0, 0.05) is 10.7 Å². The molecule has 1 aliphatic heterocycles. The van der Waals surface area contributed by atoms with E-state index in [1.54, 1.807) is 30.3 Å². The van der Waals surface area contributed by atoms with Crippen LogP contribution in [0, 0.1) is 0 Å². The molecule has 0 bridgehead atoms. The van der Waals surface area contributed by atoms with Gasteiger partial charge in [0.2, 0.25) is 5.91 Å². The predicted molar refractivity (Wildman–Crippen MR) is 137 cm³/mol. The summed E-state index contributed by atoms with van der Waals surface area (Å²) in [4.78, 5) is 27.0. The van der Waals surface area contributed by atoms with Crippen molar-refractivity contribution < 1.29 is 14.3 Å². The lowest BCUT2D eigenvalue weighted by Gasteiger charge is -2.14. The zero-order valence-corrected chi connectivity index (χ0v) is 19.8. The zero-order chi connectivity index (χ0) is 23.2. The van der Waals surface area contributed by atoms with E-state index in [0.29, 0.717) is 32.3 Å². The topological polar surface area (TPSA) is 58.6 Å². The van der Waals surface area contributed by atoms with Crippen LogP contribution in [-0.4, -0.2) is 27.6 Å². The van der Waals surface area contributed by atoms with Gasteiger partial charge in [-0.2, -0.15) is 0 Å². The van der Waals surface area contributed by atoms with E-state index >= 15 is 0 Å². The number of ether oxygens (including phenoxy) is 1. The average molecular weight is 495 g/mol. The number of carbonyl (C=O) groups is 2. The molecule has 33 heavy (non-hydrogen) atoms. The van der Waals surface area contributed by atoms with Crippen LogP contribution in [0.5, 0.6) is 5.75 Å². The summed E-state index contributed by atoms with van der Waals surface area (Å²) in [6.45, 7) is 0.292. The van der Waals surface area contributed by atoms with Gasteiger partial charge in [0.1, 0.15) is 23.2 Å². The molecule has 0 atom stereocenters. The van der Waals surface area contributed by atoms with E-state index in [4.69, 9.17) is 28.6 Å². The lowest BCUT2D eigenvalue weighted by Crippen LogP contribution is -2.36. The van der Waals surface area contributed by atoms with Crippen LogP contribution in [0.4, 0.5) is 5.69 Å². The highest BCUT2D eigenvalue weighted by Gasteiger charge is 2.33. The number of anilines is 1. The van der Waals surface area contributed by atoms with Crippen molar-refractivity contribution in [3.8, 4) is 5.75 Å². The molecule has 0 aliphatic carbocycles. The number of thioether (sulfide) groups is 1. The summed E-state index contributed by atoms with van der Waals surface area (Å²) >= 11 is 12.4. The summed E-state index contributed by atoms with van der Waals surface area (Å²) in [5.41, 5.74) is 2.48. The van der Waals surface area contributed by atoms with Crippen molar-refractivity contribution in [1.82, 2.24) is 4.90 Å². The highest BCUT2D eigenvalue weighted by atomic mass is 35.5. The van der Waals surface area contributed by atoms with E-state index in [9.17, 15) is 9.59 Å². The van der Waals surface area contributed by atoms with Gasteiger partial charge >= 0.3 is 0 Å². The molecule has 3 aromatic rings. The van der Waals surface area contributed by atoms with Crippen LogP contribution in [0.15, 0.2) is 83.8 Å². The van der Waals surface area contributed by atoms with Crippen molar-refractivity contribution in [2.24, 2.45) is 0 Å². The Bertz CT molecular complexity index is 1210. The Hall–Kier alpha value is -3.13. The molecule has 1 aliphatic rings. The van der Waals surface area contributed by atoms with E-state index in [1.807, 2.05) is 54.6 Å². The van der Waals surface area contributed by atoms with Gasteiger partial charge in [-0.25, -0.2) is 0 Å². The Kier molecular flexibility index (Phi) is 7.44. The Balaban J connectivity index is 1.39. The van der Waals surface area contributed by atoms with Gasteiger partial charge in [-0.05, 0) is 53.6 Å². The molecule has 2 amide bonds. The minimum atomic E-state index is -0.341. The molecule has 0 spiro atoms. The number of rotatable bonds is 7. The third-order valence-electron chi connectivity index (χ3n) is 4.71. The molecule has 166 valence electrons. The van der Waals surface area contributed by atoms with E-state index in [1.165, 1.54) is 16.7 Å². The van der Waals surface area contributed by atoms with Crippen LogP contribution in [0.25, 0.3) is 6.08 Å². The van der Waals surface area contributed by atoms with Gasteiger partial charge in [0.15, 0.2) is 0 Å². The fourth-order valence-corrected chi connectivity index (χ4v) is 4.48. The summed E-state index contributed by atoms with van der Waals surface area (Å²) in [7, 11) is 0. The Morgan fingerprint density at radius 2 is 1.82 bits per heavy atom. The molecule has 5 nitrogen and oxygen atoms in total. The van der Waals surface area contributed by atoms with Gasteiger partial charge in [-0.15, -0.1) is 0 Å². The maximum atomic E-state index is 12.9. The zero-order valence-electron chi connectivity index (χ0n) is 17.4. The molecular formula is C25H19ClN2O3S2. The second-order valence-corrected chi connectivity index (χ2v) is 9.28. The molecule has 3 aromatic carbocycles. The van der Waals surface area contributed by atoms with Crippen LogP contribution in [0.2, 0.25) is 5.02 Å². The summed E-state index contributed by atoms with van der Waals surface area (Å²) < 4.78 is 6.21. The quantitative estimate of drug-likeness (QED) is 0.334. The molecule has 4 rings (SSSR count). The molecule has 1 heterocycles. The largest absolute Gasteiger partial charge is 0.489 e. The number of hydrogen-bond donors (Lipinski definition) is 1. The van der Waals surface area contributed by atoms with Crippen molar-refractivity contribution in [3.05, 3.63) is 99.9 Å². The van der Waals surface area contributed by atoms with Gasteiger partial charge in [0.25, 0.3) is 5.91 Å². The first-order valence-corrected chi connectivity index (χ1v) is 11.7. The number of benzene rings is 3. The third-order valence-corrected chi connectivity index (χ3v) is 6.34. The summed E-state index contributed by atoms with van der Waals surface area (Å²) in [6, 6.07) is 24.1. The molecule has 8 heteroatoms. The number of halogens is 1. The number of thiocarbonyl (C=S) groups is 1. The first-order valence-electron chi connectivity index (χ1n) is 10.1. The summed E-state index contributed by atoms with van der Waals surface area (Å²) in [5, 5.41) is 3.31. The first kappa shape index (κ1) is 23.0. The van der Waals surface area contributed by atoms with Gasteiger partial charge < -0.3 is 10.1 Å². The van der Waals surface area contributed by atoms with E-state index < -0.39 is 0 Å². The second-order valence-electron chi connectivity index (χ2n) is 7.17. The van der Waals surface area contributed by atoms with E-state index in [0.717, 1.165) is 11.1 Å². The van der Waals surface area contributed by atoms with Crippen molar-refractivity contribution in [1.29, 1.82) is 0 Å². The smallest absolute Gasteiger partial charge is 0.266 e. The van der Waals surface area contributed by atoms with Gasteiger partial charge in [-0.1, -0.05) is 78.0 Å². The number of carbonyl (C=O) groups excluding carboxylic acids is 2. The lowest BCUT2D eigenvalue weighted by atomic mass is 10.2. The van der Waals surface area contributed by atoms with E-state index in [2.05, 4.69) is 5.32 Å². The molecule has 1 saturated heterocycles. The second kappa shape index (κ2) is 10.7. The lowest BCUT2D eigenvalue weighted by molar-refractivity contribution is -0.126. The Morgan fingerprint density at radius 1 is 1.06 bits per heavy atom. The Morgan fingerprint density at radius 3 is 2.58 bits per heavy atom. The van der Waals surface area contributed by atoms with E-state index in [-0.39, 0.29) is 18.4 Å². The normalized spacial score (nSPS) is 14.6. The molecule has 1 fully saturated rings.